The maximum absolute atomic E-state index is 12.9. The fourth-order valence-corrected chi connectivity index (χ4v) is 5.33. The monoisotopic (exact) mass is 279 g/mol. The molecule has 4 aliphatic rings. The van der Waals surface area contributed by atoms with Crippen molar-refractivity contribution in [3.05, 3.63) is 0 Å². The first-order valence-electron chi connectivity index (χ1n) is 8.29. The van der Waals surface area contributed by atoms with Crippen molar-refractivity contribution in [1.82, 2.24) is 4.90 Å². The van der Waals surface area contributed by atoms with Crippen molar-refractivity contribution in [2.75, 3.05) is 27.2 Å². The van der Waals surface area contributed by atoms with Crippen molar-refractivity contribution in [2.24, 2.45) is 23.2 Å². The highest BCUT2D eigenvalue weighted by atomic mass is 16.5. The van der Waals surface area contributed by atoms with Crippen LogP contribution in [0, 0.1) is 23.2 Å². The van der Waals surface area contributed by atoms with Crippen LogP contribution >= 0.6 is 0 Å². The Bertz CT molecular complexity index is 342. The molecule has 4 fully saturated rings. The van der Waals surface area contributed by atoms with E-state index in [-0.39, 0.29) is 11.5 Å². The second-order valence-electron chi connectivity index (χ2n) is 7.88. The molecular weight excluding hydrogens is 250 g/mol. The Morgan fingerprint density at radius 1 is 1.15 bits per heavy atom. The lowest BCUT2D eigenvalue weighted by Crippen LogP contribution is -2.52. The summed E-state index contributed by atoms with van der Waals surface area (Å²) in [6, 6.07) is 0. The van der Waals surface area contributed by atoms with Gasteiger partial charge < -0.3 is 9.64 Å². The summed E-state index contributed by atoms with van der Waals surface area (Å²) in [7, 11) is 4.07. The summed E-state index contributed by atoms with van der Waals surface area (Å²) in [5, 5.41) is 0. The van der Waals surface area contributed by atoms with Gasteiger partial charge in [-0.25, -0.2) is 0 Å². The first kappa shape index (κ1) is 14.5. The molecule has 0 saturated heterocycles. The van der Waals surface area contributed by atoms with Gasteiger partial charge in [-0.2, -0.15) is 0 Å². The van der Waals surface area contributed by atoms with Crippen LogP contribution in [0.1, 0.15) is 45.4 Å². The van der Waals surface area contributed by atoms with E-state index in [4.69, 9.17) is 4.74 Å². The molecule has 0 unspecified atom stereocenters. The minimum atomic E-state index is -0.216. The van der Waals surface area contributed by atoms with Gasteiger partial charge in [-0.1, -0.05) is 0 Å². The Morgan fingerprint density at radius 2 is 1.65 bits per heavy atom. The van der Waals surface area contributed by atoms with Crippen LogP contribution in [-0.4, -0.2) is 44.0 Å². The third-order valence-corrected chi connectivity index (χ3v) is 5.84. The smallest absolute Gasteiger partial charge is 0.167 e. The van der Waals surface area contributed by atoms with Crippen molar-refractivity contribution in [3.63, 3.8) is 0 Å². The summed E-state index contributed by atoms with van der Waals surface area (Å²) in [5.74, 6) is 2.91. The van der Waals surface area contributed by atoms with Gasteiger partial charge in [0.05, 0.1) is 6.61 Å². The van der Waals surface area contributed by atoms with Crippen LogP contribution in [0.4, 0.5) is 0 Å². The predicted molar refractivity (Wildman–Crippen MR) is 79.6 cm³/mol. The summed E-state index contributed by atoms with van der Waals surface area (Å²) < 4.78 is 5.81. The molecule has 20 heavy (non-hydrogen) atoms. The van der Waals surface area contributed by atoms with Crippen LogP contribution in [0.15, 0.2) is 0 Å². The number of hydrogen-bond acceptors (Lipinski definition) is 3. The summed E-state index contributed by atoms with van der Waals surface area (Å²) in [6.45, 7) is 3.52. The number of ketones is 1. The number of hydrogen-bond donors (Lipinski definition) is 0. The maximum Gasteiger partial charge on any atom is 0.167 e. The lowest BCUT2D eigenvalue weighted by Gasteiger charge is -2.56. The summed E-state index contributed by atoms with van der Waals surface area (Å²) in [6.07, 6.45) is 7.41. The molecule has 4 rings (SSSR count). The van der Waals surface area contributed by atoms with Crippen LogP contribution in [0.5, 0.6) is 0 Å². The molecule has 0 radical (unpaired) electrons. The Hall–Kier alpha value is -0.410. The topological polar surface area (TPSA) is 29.5 Å². The van der Waals surface area contributed by atoms with E-state index in [2.05, 4.69) is 4.90 Å². The zero-order valence-electron chi connectivity index (χ0n) is 13.2. The van der Waals surface area contributed by atoms with Gasteiger partial charge >= 0.3 is 0 Å². The third kappa shape index (κ3) is 2.67. The second kappa shape index (κ2) is 5.42. The number of carbonyl (C=O) groups is 1. The molecule has 1 atom stereocenters. The molecule has 0 N–H and O–H groups in total. The fourth-order valence-electron chi connectivity index (χ4n) is 5.33. The molecule has 3 nitrogen and oxygen atoms in total. The van der Waals surface area contributed by atoms with Gasteiger partial charge in [0.15, 0.2) is 5.78 Å². The van der Waals surface area contributed by atoms with Gasteiger partial charge in [0.1, 0.15) is 6.10 Å². The highest BCUT2D eigenvalue weighted by Gasteiger charge is 2.55. The standard InChI is InChI=1S/C17H29NO2/c1-12(20-5-4-18(2)3)16(19)17-9-13-6-14(10-17)8-15(7-13)11-17/h12-15H,4-11H2,1-3H3/t12-,13?,14?,15?,17?/m0/s1. The Balaban J connectivity index is 1.61. The molecule has 0 amide bonds. The number of rotatable bonds is 6. The molecule has 4 aliphatic carbocycles. The van der Waals surface area contributed by atoms with E-state index in [9.17, 15) is 4.79 Å². The van der Waals surface area contributed by atoms with Crippen LogP contribution in [0.3, 0.4) is 0 Å². The van der Waals surface area contributed by atoms with E-state index < -0.39 is 0 Å². The van der Waals surface area contributed by atoms with Crippen molar-refractivity contribution in [3.8, 4) is 0 Å². The molecule has 4 bridgehead atoms. The third-order valence-electron chi connectivity index (χ3n) is 5.84. The number of Topliss-reactive ketones (excluding diaryl/α,β-unsaturated/α-hetero) is 1. The normalized spacial score (nSPS) is 40.3. The molecule has 0 aromatic rings. The lowest BCUT2D eigenvalue weighted by molar-refractivity contribution is -0.155. The van der Waals surface area contributed by atoms with E-state index in [1.165, 1.54) is 19.3 Å². The van der Waals surface area contributed by atoms with Gasteiger partial charge in [0.2, 0.25) is 0 Å². The molecule has 3 heteroatoms. The molecule has 0 aliphatic heterocycles. The fraction of sp³-hybridized carbons (Fsp3) is 0.941. The van der Waals surface area contributed by atoms with Gasteiger partial charge in [-0.3, -0.25) is 4.79 Å². The molecular formula is C17H29NO2. The summed E-state index contributed by atoms with van der Waals surface area (Å²) >= 11 is 0. The van der Waals surface area contributed by atoms with E-state index in [0.29, 0.717) is 12.4 Å². The van der Waals surface area contributed by atoms with Crippen LogP contribution in [0.25, 0.3) is 0 Å². The van der Waals surface area contributed by atoms with E-state index >= 15 is 0 Å². The number of nitrogens with zero attached hydrogens (tertiary/aromatic N) is 1. The maximum atomic E-state index is 12.9. The first-order valence-corrected chi connectivity index (χ1v) is 8.29. The highest BCUT2D eigenvalue weighted by Crippen LogP contribution is 2.60. The molecule has 0 aromatic heterocycles. The number of ether oxygens (including phenoxy) is 1. The second-order valence-corrected chi connectivity index (χ2v) is 7.88. The van der Waals surface area contributed by atoms with Gasteiger partial charge in [0.25, 0.3) is 0 Å². The van der Waals surface area contributed by atoms with E-state index in [0.717, 1.165) is 43.6 Å². The average molecular weight is 279 g/mol. The highest BCUT2D eigenvalue weighted by molar-refractivity contribution is 5.89. The minimum Gasteiger partial charge on any atom is -0.369 e. The number of likely N-dealkylation sites (N-methyl/N-ethyl adjacent to an activating group) is 1. The Morgan fingerprint density at radius 3 is 2.10 bits per heavy atom. The van der Waals surface area contributed by atoms with E-state index in [1.54, 1.807) is 0 Å². The van der Waals surface area contributed by atoms with Crippen LogP contribution in [0.2, 0.25) is 0 Å². The number of carbonyl (C=O) groups excluding carboxylic acids is 1. The first-order chi connectivity index (χ1) is 9.48. The lowest BCUT2D eigenvalue weighted by atomic mass is 9.48. The summed E-state index contributed by atoms with van der Waals surface area (Å²) in [4.78, 5) is 15.0. The SMILES string of the molecule is C[C@H](OCCN(C)C)C(=O)C12CC3CC(CC(C3)C1)C2. The quantitative estimate of drug-likeness (QED) is 0.749. The van der Waals surface area contributed by atoms with Crippen molar-refractivity contribution >= 4 is 5.78 Å². The minimum absolute atomic E-state index is 0.00766. The Labute approximate surface area is 123 Å². The average Bonchev–Trinajstić information content (AvgIpc) is 2.35. The van der Waals surface area contributed by atoms with Crippen molar-refractivity contribution in [2.45, 2.75) is 51.6 Å². The van der Waals surface area contributed by atoms with Gasteiger partial charge in [-0.05, 0) is 77.3 Å². The van der Waals surface area contributed by atoms with Gasteiger partial charge in [-0.15, -0.1) is 0 Å². The zero-order valence-corrected chi connectivity index (χ0v) is 13.2. The zero-order chi connectivity index (χ0) is 14.3. The molecule has 0 aromatic carbocycles. The van der Waals surface area contributed by atoms with Crippen LogP contribution < -0.4 is 0 Å². The predicted octanol–water partition coefficient (Wildman–Crippen LogP) is 2.74. The molecule has 114 valence electrons. The van der Waals surface area contributed by atoms with E-state index in [1.807, 2.05) is 21.0 Å². The Kier molecular flexibility index (Phi) is 3.93. The van der Waals surface area contributed by atoms with Crippen LogP contribution in [-0.2, 0) is 9.53 Å². The molecule has 4 saturated carbocycles. The largest absolute Gasteiger partial charge is 0.369 e. The molecule has 0 spiro atoms. The van der Waals surface area contributed by atoms with Crippen molar-refractivity contribution < 1.29 is 9.53 Å². The van der Waals surface area contributed by atoms with Gasteiger partial charge in [0, 0.05) is 12.0 Å². The summed E-state index contributed by atoms with van der Waals surface area (Å²) in [5.41, 5.74) is -0.00766. The van der Waals surface area contributed by atoms with Crippen molar-refractivity contribution in [1.29, 1.82) is 0 Å². The molecule has 0 heterocycles.